The van der Waals surface area contributed by atoms with E-state index in [4.69, 9.17) is 0 Å². The van der Waals surface area contributed by atoms with E-state index in [0.29, 0.717) is 17.8 Å². The van der Waals surface area contributed by atoms with E-state index >= 15 is 0 Å². The van der Waals surface area contributed by atoms with E-state index in [0.717, 1.165) is 6.42 Å². The number of carbonyl (C=O) groups excluding carboxylic acids is 2. The quantitative estimate of drug-likeness (QED) is 0.891. The Hall–Kier alpha value is -2.76. The smallest absolute Gasteiger partial charge is 0.274 e. The van der Waals surface area contributed by atoms with Crippen LogP contribution in [0.15, 0.2) is 42.6 Å². The number of benzene rings is 1. The average Bonchev–Trinajstić information content (AvgIpc) is 2.52. The zero-order valence-electron chi connectivity index (χ0n) is 12.1. The highest BCUT2D eigenvalue weighted by Crippen LogP contribution is 2.11. The van der Waals surface area contributed by atoms with Gasteiger partial charge >= 0.3 is 0 Å². The minimum absolute atomic E-state index is 0.0911. The molecule has 0 aliphatic heterocycles. The minimum Gasteiger partial charge on any atom is -0.352 e. The lowest BCUT2D eigenvalue weighted by atomic mass is 10.2. The first kappa shape index (κ1) is 15.6. The zero-order valence-corrected chi connectivity index (χ0v) is 12.1. The summed E-state index contributed by atoms with van der Waals surface area (Å²) >= 11 is 0. The third kappa shape index (κ3) is 4.12. The normalized spacial score (nSPS) is 10.1. The monoisotopic (exact) mass is 301 g/mol. The Bertz CT molecular complexity index is 689. The van der Waals surface area contributed by atoms with Crippen LogP contribution in [-0.4, -0.2) is 23.3 Å². The van der Waals surface area contributed by atoms with Gasteiger partial charge in [0, 0.05) is 24.0 Å². The molecule has 0 aliphatic rings. The van der Waals surface area contributed by atoms with E-state index < -0.39 is 11.7 Å². The predicted octanol–water partition coefficient (Wildman–Crippen LogP) is 2.61. The average molecular weight is 301 g/mol. The molecule has 0 fully saturated rings. The molecule has 2 N–H and O–H groups in total. The lowest BCUT2D eigenvalue weighted by Crippen LogP contribution is -2.24. The molecule has 0 bridgehead atoms. The molecular weight excluding hydrogens is 285 g/mol. The van der Waals surface area contributed by atoms with Crippen molar-refractivity contribution in [2.75, 3.05) is 11.9 Å². The second kappa shape index (κ2) is 7.31. The molecule has 114 valence electrons. The molecule has 1 heterocycles. The predicted molar refractivity (Wildman–Crippen MR) is 81.2 cm³/mol. The SMILES string of the molecule is CCCNC(=O)c1ccnc(C(=O)Nc2cccc(F)c2)c1. The summed E-state index contributed by atoms with van der Waals surface area (Å²) in [5, 5.41) is 5.26. The molecule has 0 saturated carbocycles. The molecule has 6 heteroatoms. The summed E-state index contributed by atoms with van der Waals surface area (Å²) in [6.45, 7) is 2.51. The molecule has 0 spiro atoms. The summed E-state index contributed by atoms with van der Waals surface area (Å²) in [7, 11) is 0. The summed E-state index contributed by atoms with van der Waals surface area (Å²) < 4.78 is 13.1. The van der Waals surface area contributed by atoms with Crippen molar-refractivity contribution in [3.63, 3.8) is 0 Å². The number of hydrogen-bond donors (Lipinski definition) is 2. The fourth-order valence-electron chi connectivity index (χ4n) is 1.80. The van der Waals surface area contributed by atoms with Crippen molar-refractivity contribution < 1.29 is 14.0 Å². The first-order valence-electron chi connectivity index (χ1n) is 6.91. The van der Waals surface area contributed by atoms with Crippen LogP contribution in [0.4, 0.5) is 10.1 Å². The van der Waals surface area contributed by atoms with Gasteiger partial charge in [-0.1, -0.05) is 13.0 Å². The summed E-state index contributed by atoms with van der Waals surface area (Å²) in [6, 6.07) is 8.48. The van der Waals surface area contributed by atoms with Crippen molar-refractivity contribution in [2.24, 2.45) is 0 Å². The van der Waals surface area contributed by atoms with Crippen LogP contribution in [0.1, 0.15) is 34.2 Å². The van der Waals surface area contributed by atoms with Gasteiger partial charge in [0.05, 0.1) is 0 Å². The Morgan fingerprint density at radius 2 is 2.00 bits per heavy atom. The van der Waals surface area contributed by atoms with Crippen LogP contribution < -0.4 is 10.6 Å². The van der Waals surface area contributed by atoms with E-state index in [1.807, 2.05) is 6.92 Å². The molecule has 22 heavy (non-hydrogen) atoms. The van der Waals surface area contributed by atoms with Gasteiger partial charge in [-0.25, -0.2) is 4.39 Å². The molecule has 0 radical (unpaired) electrons. The molecule has 5 nitrogen and oxygen atoms in total. The van der Waals surface area contributed by atoms with E-state index in [1.54, 1.807) is 6.07 Å². The molecule has 0 aliphatic carbocycles. The van der Waals surface area contributed by atoms with E-state index in [-0.39, 0.29) is 11.6 Å². The van der Waals surface area contributed by atoms with Crippen molar-refractivity contribution >= 4 is 17.5 Å². The lowest BCUT2D eigenvalue weighted by molar-refractivity contribution is 0.0953. The van der Waals surface area contributed by atoms with Crippen LogP contribution in [0.5, 0.6) is 0 Å². The highest BCUT2D eigenvalue weighted by Gasteiger charge is 2.12. The second-order valence-electron chi connectivity index (χ2n) is 4.65. The van der Waals surface area contributed by atoms with Crippen molar-refractivity contribution in [1.29, 1.82) is 0 Å². The van der Waals surface area contributed by atoms with E-state index in [2.05, 4.69) is 15.6 Å². The van der Waals surface area contributed by atoms with E-state index in [1.165, 1.54) is 36.5 Å². The van der Waals surface area contributed by atoms with Gasteiger partial charge in [-0.3, -0.25) is 14.6 Å². The molecule has 1 aromatic carbocycles. The maximum absolute atomic E-state index is 13.1. The van der Waals surface area contributed by atoms with Crippen molar-refractivity contribution in [1.82, 2.24) is 10.3 Å². The van der Waals surface area contributed by atoms with Crippen LogP contribution in [0.2, 0.25) is 0 Å². The van der Waals surface area contributed by atoms with Gasteiger partial charge < -0.3 is 10.6 Å². The number of carbonyl (C=O) groups is 2. The maximum atomic E-state index is 13.1. The Kier molecular flexibility index (Phi) is 5.19. The number of rotatable bonds is 5. The first-order chi connectivity index (χ1) is 10.6. The molecule has 2 amide bonds. The fraction of sp³-hybridized carbons (Fsp3) is 0.188. The van der Waals surface area contributed by atoms with Crippen LogP contribution in [0, 0.1) is 5.82 Å². The van der Waals surface area contributed by atoms with Gasteiger partial charge in [0.25, 0.3) is 11.8 Å². The largest absolute Gasteiger partial charge is 0.352 e. The number of nitrogens with zero attached hydrogens (tertiary/aromatic N) is 1. The summed E-state index contributed by atoms with van der Waals surface area (Å²) in [4.78, 5) is 27.9. The van der Waals surface area contributed by atoms with Crippen LogP contribution in [0.3, 0.4) is 0 Å². The standard InChI is InChI=1S/C16H16FN3O2/c1-2-7-19-15(21)11-6-8-18-14(9-11)16(22)20-13-5-3-4-12(17)10-13/h3-6,8-10H,2,7H2,1H3,(H,19,21)(H,20,22). The van der Waals surface area contributed by atoms with Crippen molar-refractivity contribution in [3.8, 4) is 0 Å². The number of amides is 2. The van der Waals surface area contributed by atoms with Crippen molar-refractivity contribution in [2.45, 2.75) is 13.3 Å². The Labute approximate surface area is 127 Å². The number of hydrogen-bond acceptors (Lipinski definition) is 3. The number of halogens is 1. The first-order valence-corrected chi connectivity index (χ1v) is 6.91. The highest BCUT2D eigenvalue weighted by atomic mass is 19.1. The van der Waals surface area contributed by atoms with E-state index in [9.17, 15) is 14.0 Å². The van der Waals surface area contributed by atoms with Gasteiger partial charge in [0.2, 0.25) is 0 Å². The minimum atomic E-state index is -0.504. The van der Waals surface area contributed by atoms with Crippen molar-refractivity contribution in [3.05, 3.63) is 59.7 Å². The third-order valence-electron chi connectivity index (χ3n) is 2.87. The summed E-state index contributed by atoms with van der Waals surface area (Å²) in [6.07, 6.45) is 2.21. The molecule has 0 atom stereocenters. The zero-order chi connectivity index (χ0) is 15.9. The Morgan fingerprint density at radius 3 is 2.73 bits per heavy atom. The maximum Gasteiger partial charge on any atom is 0.274 e. The lowest BCUT2D eigenvalue weighted by Gasteiger charge is -2.07. The molecule has 1 aromatic heterocycles. The van der Waals surface area contributed by atoms with Crippen LogP contribution in [0.25, 0.3) is 0 Å². The van der Waals surface area contributed by atoms with Gasteiger partial charge in [-0.05, 0) is 36.8 Å². The van der Waals surface area contributed by atoms with Crippen LogP contribution in [-0.2, 0) is 0 Å². The number of pyridine rings is 1. The summed E-state index contributed by atoms with van der Waals surface area (Å²) in [5.74, 6) is -1.21. The fourth-order valence-corrected chi connectivity index (χ4v) is 1.80. The van der Waals surface area contributed by atoms with Gasteiger partial charge in [0.15, 0.2) is 0 Å². The molecule has 0 unspecified atom stereocenters. The topological polar surface area (TPSA) is 71.1 Å². The number of anilines is 1. The third-order valence-corrected chi connectivity index (χ3v) is 2.87. The summed E-state index contributed by atoms with van der Waals surface area (Å²) in [5.41, 5.74) is 0.772. The Morgan fingerprint density at radius 1 is 1.18 bits per heavy atom. The molecule has 2 rings (SSSR count). The molecular formula is C16H16FN3O2. The molecule has 2 aromatic rings. The Balaban J connectivity index is 2.11. The number of nitrogens with one attached hydrogen (secondary N) is 2. The van der Waals surface area contributed by atoms with Gasteiger partial charge in [-0.15, -0.1) is 0 Å². The van der Waals surface area contributed by atoms with Gasteiger partial charge in [0.1, 0.15) is 11.5 Å². The highest BCUT2D eigenvalue weighted by molar-refractivity contribution is 6.04. The van der Waals surface area contributed by atoms with Crippen LogP contribution >= 0.6 is 0 Å². The molecule has 0 saturated heterocycles. The number of aromatic nitrogens is 1. The van der Waals surface area contributed by atoms with Gasteiger partial charge in [-0.2, -0.15) is 0 Å². The second-order valence-corrected chi connectivity index (χ2v) is 4.65.